The summed E-state index contributed by atoms with van der Waals surface area (Å²) >= 11 is 0. The molecule has 2 fully saturated rings. The van der Waals surface area contributed by atoms with Gasteiger partial charge in [0.1, 0.15) is 0 Å². The fourth-order valence-corrected chi connectivity index (χ4v) is 6.52. The van der Waals surface area contributed by atoms with Crippen LogP contribution in [0, 0.1) is 22.7 Å². The molecule has 0 heterocycles. The molecule has 166 valence electrons. The van der Waals surface area contributed by atoms with Crippen molar-refractivity contribution in [2.45, 2.75) is 77.9 Å². The Morgan fingerprint density at radius 3 is 2.43 bits per heavy atom. The van der Waals surface area contributed by atoms with E-state index in [1.807, 2.05) is 25.1 Å². The molecule has 2 aliphatic rings. The largest absolute Gasteiger partial charge is 0.467 e. The number of ether oxygens (including phenoxy) is 1. The van der Waals surface area contributed by atoms with Crippen LogP contribution in [0.3, 0.4) is 0 Å². The van der Waals surface area contributed by atoms with Crippen molar-refractivity contribution >= 4 is 11.9 Å². The van der Waals surface area contributed by atoms with Crippen LogP contribution >= 0.6 is 0 Å². The number of carbonyl (C=O) groups is 2. The molecule has 0 radical (unpaired) electrons. The van der Waals surface area contributed by atoms with Gasteiger partial charge in [0.2, 0.25) is 5.91 Å². The van der Waals surface area contributed by atoms with Crippen LogP contribution in [0.2, 0.25) is 0 Å². The van der Waals surface area contributed by atoms with E-state index < -0.39 is 17.6 Å². The van der Waals surface area contributed by atoms with Crippen molar-refractivity contribution in [3.63, 3.8) is 0 Å². The number of benzene rings is 1. The summed E-state index contributed by atoms with van der Waals surface area (Å²) in [6.45, 7) is 8.80. The van der Waals surface area contributed by atoms with Gasteiger partial charge in [-0.25, -0.2) is 4.79 Å². The van der Waals surface area contributed by atoms with Crippen molar-refractivity contribution < 1.29 is 19.4 Å². The Morgan fingerprint density at radius 2 is 1.80 bits per heavy atom. The van der Waals surface area contributed by atoms with Crippen LogP contribution < -0.4 is 5.32 Å². The van der Waals surface area contributed by atoms with Gasteiger partial charge in [0.25, 0.3) is 0 Å². The van der Waals surface area contributed by atoms with Crippen molar-refractivity contribution in [3.8, 4) is 0 Å². The summed E-state index contributed by atoms with van der Waals surface area (Å²) < 4.78 is 4.93. The summed E-state index contributed by atoms with van der Waals surface area (Å²) in [6, 6.07) is 8.30. The van der Waals surface area contributed by atoms with Gasteiger partial charge in [0, 0.05) is 12.3 Å². The van der Waals surface area contributed by atoms with E-state index >= 15 is 0 Å². The molecule has 0 aromatic heterocycles. The number of hydrogen-bond acceptors (Lipinski definition) is 4. The third kappa shape index (κ3) is 4.27. The van der Waals surface area contributed by atoms with Crippen LogP contribution in [-0.4, -0.2) is 29.7 Å². The van der Waals surface area contributed by atoms with Crippen molar-refractivity contribution in [2.75, 3.05) is 7.11 Å². The summed E-state index contributed by atoms with van der Waals surface area (Å²) in [5.74, 6) is -0.391. The predicted molar refractivity (Wildman–Crippen MR) is 117 cm³/mol. The summed E-state index contributed by atoms with van der Waals surface area (Å²) in [5.41, 5.74) is -0.106. The molecule has 3 rings (SSSR count). The molecule has 1 amide bonds. The lowest BCUT2D eigenvalue weighted by molar-refractivity contribution is -0.173. The molecule has 0 bridgehead atoms. The van der Waals surface area contributed by atoms with E-state index in [4.69, 9.17) is 4.74 Å². The minimum atomic E-state index is -0.899. The first-order valence-corrected chi connectivity index (χ1v) is 11.2. The number of rotatable bonds is 5. The fourth-order valence-electron chi connectivity index (χ4n) is 6.52. The SMILES string of the molecule is COC(=O)[C@@H](NC(=O)C[C@@H]1[C@@]2(C)CCCC(C)(C)[C@@H]2CC[C@@]1(C)O)c1ccccc1. The van der Waals surface area contributed by atoms with Crippen LogP contribution in [0.4, 0.5) is 0 Å². The first-order chi connectivity index (χ1) is 14.0. The number of amides is 1. The highest BCUT2D eigenvalue weighted by Gasteiger charge is 2.58. The zero-order valence-electron chi connectivity index (χ0n) is 19.0. The molecule has 2 aliphatic carbocycles. The lowest BCUT2D eigenvalue weighted by Gasteiger charge is -2.61. The number of carbonyl (C=O) groups excluding carboxylic acids is 2. The van der Waals surface area contributed by atoms with E-state index in [9.17, 15) is 14.7 Å². The highest BCUT2D eigenvalue weighted by atomic mass is 16.5. The van der Waals surface area contributed by atoms with Crippen LogP contribution in [0.5, 0.6) is 0 Å². The van der Waals surface area contributed by atoms with Crippen LogP contribution in [0.25, 0.3) is 0 Å². The smallest absolute Gasteiger partial charge is 0.333 e. The molecule has 1 aromatic carbocycles. The van der Waals surface area contributed by atoms with E-state index in [1.54, 1.807) is 12.1 Å². The van der Waals surface area contributed by atoms with E-state index in [1.165, 1.54) is 13.5 Å². The fraction of sp³-hybridized carbons (Fsp3) is 0.680. The summed E-state index contributed by atoms with van der Waals surface area (Å²) in [5, 5.41) is 14.2. The van der Waals surface area contributed by atoms with Crippen LogP contribution in [-0.2, 0) is 14.3 Å². The highest BCUT2D eigenvalue weighted by molar-refractivity contribution is 5.85. The molecular formula is C25H37NO4. The van der Waals surface area contributed by atoms with E-state index in [-0.39, 0.29) is 29.1 Å². The average Bonchev–Trinajstić information content (AvgIpc) is 2.68. The lowest BCUT2D eigenvalue weighted by atomic mass is 9.45. The maximum absolute atomic E-state index is 13.2. The number of methoxy groups -OCH3 is 1. The zero-order chi connectivity index (χ0) is 22.2. The number of esters is 1. The van der Waals surface area contributed by atoms with Crippen molar-refractivity contribution in [3.05, 3.63) is 35.9 Å². The van der Waals surface area contributed by atoms with E-state index in [0.717, 1.165) is 19.3 Å². The number of hydrogen-bond donors (Lipinski definition) is 2. The molecule has 2 N–H and O–H groups in total. The zero-order valence-corrected chi connectivity index (χ0v) is 19.0. The molecule has 5 atom stereocenters. The second-order valence-corrected chi connectivity index (χ2v) is 10.5. The second kappa shape index (κ2) is 8.33. The molecule has 5 nitrogen and oxygen atoms in total. The topological polar surface area (TPSA) is 75.6 Å². The third-order valence-electron chi connectivity index (χ3n) is 8.03. The lowest BCUT2D eigenvalue weighted by Crippen LogP contribution is -2.58. The first kappa shape index (κ1) is 22.8. The van der Waals surface area contributed by atoms with Gasteiger partial charge in [0.05, 0.1) is 12.7 Å². The Labute approximate surface area is 180 Å². The van der Waals surface area contributed by atoms with Gasteiger partial charge in [-0.15, -0.1) is 0 Å². The van der Waals surface area contributed by atoms with Crippen molar-refractivity contribution in [1.82, 2.24) is 5.32 Å². The monoisotopic (exact) mass is 415 g/mol. The van der Waals surface area contributed by atoms with Gasteiger partial charge < -0.3 is 15.2 Å². The molecule has 0 saturated heterocycles. The summed E-state index contributed by atoms with van der Waals surface area (Å²) in [6.07, 6.45) is 5.22. The maximum Gasteiger partial charge on any atom is 0.333 e. The van der Waals surface area contributed by atoms with Gasteiger partial charge in [-0.3, -0.25) is 4.79 Å². The molecule has 5 heteroatoms. The maximum atomic E-state index is 13.2. The Balaban J connectivity index is 1.83. The normalized spacial score (nSPS) is 33.8. The number of fused-ring (bicyclic) bond motifs is 1. The first-order valence-electron chi connectivity index (χ1n) is 11.2. The molecular weight excluding hydrogens is 378 g/mol. The van der Waals surface area contributed by atoms with Gasteiger partial charge in [-0.1, -0.05) is 57.5 Å². The molecule has 0 spiro atoms. The Hall–Kier alpha value is -1.88. The summed E-state index contributed by atoms with van der Waals surface area (Å²) in [7, 11) is 1.33. The van der Waals surface area contributed by atoms with Crippen LogP contribution in [0.1, 0.15) is 77.8 Å². The standard InChI is InChI=1S/C25H37NO4/c1-23(2)13-9-14-24(3)18(23)12-15-25(4,29)19(24)16-20(27)26-21(22(28)30-5)17-10-7-6-8-11-17/h6-8,10-11,18-19,21,29H,9,12-16H2,1-5H3,(H,26,27)/t18-,19+,21-,24-,25+/m0/s1. The van der Waals surface area contributed by atoms with E-state index in [0.29, 0.717) is 17.9 Å². The second-order valence-electron chi connectivity index (χ2n) is 10.5. The number of nitrogens with one attached hydrogen (secondary N) is 1. The van der Waals surface area contributed by atoms with Crippen LogP contribution in [0.15, 0.2) is 30.3 Å². The van der Waals surface area contributed by atoms with Gasteiger partial charge >= 0.3 is 5.97 Å². The van der Waals surface area contributed by atoms with E-state index in [2.05, 4.69) is 26.1 Å². The van der Waals surface area contributed by atoms with Crippen molar-refractivity contribution in [2.24, 2.45) is 22.7 Å². The van der Waals surface area contributed by atoms with Gasteiger partial charge in [-0.2, -0.15) is 0 Å². The molecule has 1 aromatic rings. The molecule has 0 aliphatic heterocycles. The summed E-state index contributed by atoms with van der Waals surface area (Å²) in [4.78, 5) is 25.5. The third-order valence-corrected chi connectivity index (χ3v) is 8.03. The van der Waals surface area contributed by atoms with Gasteiger partial charge in [0.15, 0.2) is 6.04 Å². The molecule has 30 heavy (non-hydrogen) atoms. The quantitative estimate of drug-likeness (QED) is 0.699. The Bertz CT molecular complexity index is 773. The minimum absolute atomic E-state index is 0.103. The number of aliphatic hydroxyl groups is 1. The molecule has 0 unspecified atom stereocenters. The van der Waals surface area contributed by atoms with Crippen molar-refractivity contribution in [1.29, 1.82) is 0 Å². The Kier molecular flexibility index (Phi) is 6.33. The predicted octanol–water partition coefficient (Wildman–Crippen LogP) is 4.40. The molecule has 2 saturated carbocycles. The van der Waals surface area contributed by atoms with Gasteiger partial charge in [-0.05, 0) is 54.9 Å². The highest BCUT2D eigenvalue weighted by Crippen LogP contribution is 2.62. The average molecular weight is 416 g/mol. The Morgan fingerprint density at radius 1 is 1.13 bits per heavy atom. The minimum Gasteiger partial charge on any atom is -0.467 e.